The smallest absolute Gasteiger partial charge is 0.227 e. The van der Waals surface area contributed by atoms with Gasteiger partial charge < -0.3 is 16.0 Å². The molecule has 0 spiro atoms. The highest BCUT2D eigenvalue weighted by Gasteiger charge is 2.31. The summed E-state index contributed by atoms with van der Waals surface area (Å²) in [6, 6.07) is 8.35. The molecule has 132 valence electrons. The van der Waals surface area contributed by atoms with Crippen molar-refractivity contribution >= 4 is 23.4 Å². The highest BCUT2D eigenvalue weighted by Crippen LogP contribution is 2.31. The van der Waals surface area contributed by atoms with Crippen molar-refractivity contribution in [1.29, 1.82) is 0 Å². The Kier molecular flexibility index (Phi) is 6.58. The van der Waals surface area contributed by atoms with E-state index in [0.29, 0.717) is 12.5 Å². The van der Waals surface area contributed by atoms with Crippen LogP contribution < -0.4 is 11.1 Å². The lowest BCUT2D eigenvalue weighted by molar-refractivity contribution is -0.120. The van der Waals surface area contributed by atoms with Crippen LogP contribution in [0.5, 0.6) is 0 Å². The Hall–Kier alpha value is -1.04. The van der Waals surface area contributed by atoms with Crippen molar-refractivity contribution in [2.24, 2.45) is 17.6 Å². The van der Waals surface area contributed by atoms with Gasteiger partial charge in [0.1, 0.15) is 0 Å². The number of nitrogens with one attached hydrogen (secondary N) is 1. The van der Waals surface area contributed by atoms with E-state index in [0.717, 1.165) is 37.9 Å². The van der Waals surface area contributed by atoms with Crippen molar-refractivity contribution < 1.29 is 4.79 Å². The molecule has 2 fully saturated rings. The van der Waals surface area contributed by atoms with Crippen LogP contribution in [-0.2, 0) is 11.2 Å². The molecular weight excluding hydrogens is 318 g/mol. The number of benzene rings is 1. The van der Waals surface area contributed by atoms with Crippen LogP contribution in [0.1, 0.15) is 24.8 Å². The predicted molar refractivity (Wildman–Crippen MR) is 102 cm³/mol. The maximum atomic E-state index is 12.4. The summed E-state index contributed by atoms with van der Waals surface area (Å²) in [5.74, 6) is 3.10. The number of hydrogen-bond donors (Lipinski definition) is 2. The molecule has 1 aromatic rings. The molecule has 2 aliphatic rings. The molecule has 4 nitrogen and oxygen atoms in total. The summed E-state index contributed by atoms with van der Waals surface area (Å²) in [5, 5.41) is 3.07. The molecule has 24 heavy (non-hydrogen) atoms. The van der Waals surface area contributed by atoms with Crippen LogP contribution in [-0.4, -0.2) is 48.5 Å². The summed E-state index contributed by atoms with van der Waals surface area (Å²) in [7, 11) is 0. The Morgan fingerprint density at radius 2 is 1.96 bits per heavy atom. The minimum Gasteiger partial charge on any atom is -0.330 e. The van der Waals surface area contributed by atoms with Crippen molar-refractivity contribution in [3.05, 3.63) is 29.8 Å². The number of carbonyl (C=O) groups excluding carboxylic acids is 1. The minimum absolute atomic E-state index is 0.0895. The van der Waals surface area contributed by atoms with Crippen LogP contribution in [0.2, 0.25) is 0 Å². The normalized spacial score (nSPS) is 24.9. The SMILES string of the molecule is NC[C@H]1CCC[C@H]1C(=O)Nc1ccc(CCN2CCSCC2)cc1. The van der Waals surface area contributed by atoms with Gasteiger partial charge in [-0.05, 0) is 49.4 Å². The molecule has 2 atom stereocenters. The molecule has 0 aromatic heterocycles. The van der Waals surface area contributed by atoms with Gasteiger partial charge in [-0.3, -0.25) is 4.79 Å². The zero-order chi connectivity index (χ0) is 16.8. The number of amides is 1. The van der Waals surface area contributed by atoms with Crippen LogP contribution in [0.25, 0.3) is 0 Å². The fraction of sp³-hybridized carbons (Fsp3) is 0.632. The Balaban J connectivity index is 1.48. The van der Waals surface area contributed by atoms with Gasteiger partial charge in [0.2, 0.25) is 5.91 Å². The Morgan fingerprint density at radius 3 is 2.67 bits per heavy atom. The van der Waals surface area contributed by atoms with E-state index < -0.39 is 0 Å². The second kappa shape index (κ2) is 8.88. The second-order valence-electron chi connectivity index (χ2n) is 6.92. The molecule has 1 amide bonds. The first-order valence-electron chi connectivity index (χ1n) is 9.16. The number of thioether (sulfide) groups is 1. The standard InChI is InChI=1S/C19H29N3OS/c20-14-16-2-1-3-18(16)19(23)21-17-6-4-15(5-7-17)8-9-22-10-12-24-13-11-22/h4-7,16,18H,1-3,8-14,20H2,(H,21,23)/t16-,18-/m1/s1. The first kappa shape index (κ1) is 17.8. The molecule has 3 rings (SSSR count). The lowest BCUT2D eigenvalue weighted by atomic mass is 9.95. The molecule has 0 radical (unpaired) electrons. The van der Waals surface area contributed by atoms with Gasteiger partial charge in [-0.2, -0.15) is 11.8 Å². The van der Waals surface area contributed by atoms with E-state index in [4.69, 9.17) is 5.73 Å². The van der Waals surface area contributed by atoms with E-state index in [1.165, 1.54) is 30.2 Å². The molecule has 0 unspecified atom stereocenters. The van der Waals surface area contributed by atoms with Gasteiger partial charge >= 0.3 is 0 Å². The number of nitrogens with two attached hydrogens (primary N) is 1. The Morgan fingerprint density at radius 1 is 1.21 bits per heavy atom. The number of hydrogen-bond acceptors (Lipinski definition) is 4. The molecule has 1 saturated heterocycles. The van der Waals surface area contributed by atoms with Crippen molar-refractivity contribution in [2.45, 2.75) is 25.7 Å². The average Bonchev–Trinajstić information content (AvgIpc) is 3.11. The summed E-state index contributed by atoms with van der Waals surface area (Å²) in [6.45, 7) is 4.17. The van der Waals surface area contributed by atoms with E-state index in [2.05, 4.69) is 34.1 Å². The molecule has 1 aliphatic heterocycles. The third-order valence-electron chi connectivity index (χ3n) is 5.34. The Labute approximate surface area is 149 Å². The quantitative estimate of drug-likeness (QED) is 0.830. The Bertz CT molecular complexity index is 528. The third kappa shape index (κ3) is 4.74. The maximum Gasteiger partial charge on any atom is 0.227 e. The molecule has 1 saturated carbocycles. The monoisotopic (exact) mass is 347 g/mol. The predicted octanol–water partition coefficient (Wildman–Crippen LogP) is 2.59. The first-order valence-corrected chi connectivity index (χ1v) is 10.3. The van der Waals surface area contributed by atoms with Gasteiger partial charge in [-0.25, -0.2) is 0 Å². The maximum absolute atomic E-state index is 12.4. The topological polar surface area (TPSA) is 58.4 Å². The minimum atomic E-state index is 0.0895. The number of anilines is 1. The largest absolute Gasteiger partial charge is 0.330 e. The highest BCUT2D eigenvalue weighted by molar-refractivity contribution is 7.99. The fourth-order valence-electron chi connectivity index (χ4n) is 3.77. The molecular formula is C19H29N3OS. The van der Waals surface area contributed by atoms with Gasteiger partial charge in [0, 0.05) is 42.7 Å². The van der Waals surface area contributed by atoms with Gasteiger partial charge in [0.25, 0.3) is 0 Å². The zero-order valence-corrected chi connectivity index (χ0v) is 15.2. The van der Waals surface area contributed by atoms with E-state index in [9.17, 15) is 4.79 Å². The summed E-state index contributed by atoms with van der Waals surface area (Å²) >= 11 is 2.05. The average molecular weight is 348 g/mol. The van der Waals surface area contributed by atoms with Crippen LogP contribution in [0.4, 0.5) is 5.69 Å². The molecule has 0 bridgehead atoms. The molecule has 3 N–H and O–H groups in total. The van der Waals surface area contributed by atoms with E-state index in [1.807, 2.05) is 12.1 Å². The van der Waals surface area contributed by atoms with Gasteiger partial charge in [-0.1, -0.05) is 18.6 Å². The van der Waals surface area contributed by atoms with Crippen molar-refractivity contribution in [2.75, 3.05) is 43.0 Å². The van der Waals surface area contributed by atoms with Crippen molar-refractivity contribution in [1.82, 2.24) is 4.90 Å². The van der Waals surface area contributed by atoms with Crippen LogP contribution >= 0.6 is 11.8 Å². The van der Waals surface area contributed by atoms with Crippen LogP contribution in [0.3, 0.4) is 0 Å². The molecule has 5 heteroatoms. The van der Waals surface area contributed by atoms with Gasteiger partial charge in [0.05, 0.1) is 0 Å². The fourth-order valence-corrected chi connectivity index (χ4v) is 4.74. The summed E-state index contributed by atoms with van der Waals surface area (Å²) in [6.07, 6.45) is 4.26. The van der Waals surface area contributed by atoms with Crippen LogP contribution in [0, 0.1) is 11.8 Å². The van der Waals surface area contributed by atoms with E-state index in [1.54, 1.807) is 0 Å². The lowest BCUT2D eigenvalue weighted by Gasteiger charge is -2.26. The molecule has 1 aliphatic carbocycles. The molecule has 1 aromatic carbocycles. The molecule has 1 heterocycles. The van der Waals surface area contributed by atoms with Crippen molar-refractivity contribution in [3.8, 4) is 0 Å². The lowest BCUT2D eigenvalue weighted by Crippen LogP contribution is -2.34. The third-order valence-corrected chi connectivity index (χ3v) is 6.28. The summed E-state index contributed by atoms with van der Waals surface area (Å²) in [4.78, 5) is 15.0. The second-order valence-corrected chi connectivity index (χ2v) is 8.15. The van der Waals surface area contributed by atoms with Gasteiger partial charge in [-0.15, -0.1) is 0 Å². The summed E-state index contributed by atoms with van der Waals surface area (Å²) < 4.78 is 0. The number of rotatable bonds is 6. The summed E-state index contributed by atoms with van der Waals surface area (Å²) in [5.41, 5.74) is 8.03. The zero-order valence-electron chi connectivity index (χ0n) is 14.4. The first-order chi connectivity index (χ1) is 11.8. The number of carbonyl (C=O) groups is 1. The van der Waals surface area contributed by atoms with Gasteiger partial charge in [0.15, 0.2) is 0 Å². The van der Waals surface area contributed by atoms with Crippen LogP contribution in [0.15, 0.2) is 24.3 Å². The highest BCUT2D eigenvalue weighted by atomic mass is 32.2. The van der Waals surface area contributed by atoms with Crippen molar-refractivity contribution in [3.63, 3.8) is 0 Å². The van der Waals surface area contributed by atoms with E-state index >= 15 is 0 Å². The number of nitrogens with zero attached hydrogens (tertiary/aromatic N) is 1. The van der Waals surface area contributed by atoms with E-state index in [-0.39, 0.29) is 11.8 Å².